The molecular weight excluding hydrogens is 268 g/mol. The lowest BCUT2D eigenvalue weighted by Crippen LogP contribution is -1.91. The van der Waals surface area contributed by atoms with Crippen molar-refractivity contribution in [2.24, 2.45) is 0 Å². The van der Waals surface area contributed by atoms with Crippen LogP contribution in [0.15, 0.2) is 48.5 Å². The molecular formula is C15H8ClF2N. The standard InChI is InChI=1S/C15H8ClF2N/c16-15(12-7-6-11(17)8-14(12)18)13(9-19)10-4-2-1-3-5-10/h1-8H. The molecule has 0 atom stereocenters. The van der Waals surface area contributed by atoms with Crippen molar-refractivity contribution in [3.63, 3.8) is 0 Å². The molecule has 0 unspecified atom stereocenters. The van der Waals surface area contributed by atoms with Gasteiger partial charge in [-0.15, -0.1) is 0 Å². The number of benzene rings is 2. The van der Waals surface area contributed by atoms with Crippen LogP contribution in [0.5, 0.6) is 0 Å². The Bertz CT molecular complexity index is 672. The van der Waals surface area contributed by atoms with E-state index in [1.807, 2.05) is 6.07 Å². The maximum absolute atomic E-state index is 13.6. The first-order chi connectivity index (χ1) is 9.13. The van der Waals surface area contributed by atoms with Crippen molar-refractivity contribution in [2.75, 3.05) is 0 Å². The van der Waals surface area contributed by atoms with Gasteiger partial charge in [0.05, 0.1) is 10.6 Å². The zero-order valence-corrected chi connectivity index (χ0v) is 10.5. The normalized spacial score (nSPS) is 11.7. The number of hydrogen-bond donors (Lipinski definition) is 0. The van der Waals surface area contributed by atoms with E-state index >= 15 is 0 Å². The number of rotatable bonds is 2. The molecule has 0 aliphatic carbocycles. The van der Waals surface area contributed by atoms with Crippen LogP contribution in [0.2, 0.25) is 0 Å². The number of hydrogen-bond acceptors (Lipinski definition) is 1. The second kappa shape index (κ2) is 5.64. The van der Waals surface area contributed by atoms with Gasteiger partial charge in [-0.05, 0) is 17.7 Å². The number of allylic oxidation sites excluding steroid dienone is 1. The fourth-order valence-electron chi connectivity index (χ4n) is 1.65. The fourth-order valence-corrected chi connectivity index (χ4v) is 1.95. The molecule has 4 heteroatoms. The topological polar surface area (TPSA) is 23.8 Å². The molecule has 2 aromatic carbocycles. The van der Waals surface area contributed by atoms with Gasteiger partial charge >= 0.3 is 0 Å². The van der Waals surface area contributed by atoms with Gasteiger partial charge in [0.15, 0.2) is 0 Å². The van der Waals surface area contributed by atoms with Crippen molar-refractivity contribution in [1.82, 2.24) is 0 Å². The second-order valence-corrected chi connectivity index (χ2v) is 4.17. The van der Waals surface area contributed by atoms with Crippen LogP contribution in [0.1, 0.15) is 11.1 Å². The Morgan fingerprint density at radius 1 is 1.05 bits per heavy atom. The van der Waals surface area contributed by atoms with Crippen LogP contribution in [0, 0.1) is 23.0 Å². The van der Waals surface area contributed by atoms with Crippen LogP contribution < -0.4 is 0 Å². The summed E-state index contributed by atoms with van der Waals surface area (Å²) in [5.41, 5.74) is 0.731. The van der Waals surface area contributed by atoms with Crippen molar-refractivity contribution in [1.29, 1.82) is 5.26 Å². The molecule has 0 aliphatic rings. The predicted octanol–water partition coefficient (Wildman–Crippen LogP) is 4.60. The predicted molar refractivity (Wildman–Crippen MR) is 71.1 cm³/mol. The summed E-state index contributed by atoms with van der Waals surface area (Å²) in [5.74, 6) is -1.49. The third kappa shape index (κ3) is 2.81. The van der Waals surface area contributed by atoms with E-state index < -0.39 is 11.6 Å². The van der Waals surface area contributed by atoms with E-state index in [0.717, 1.165) is 12.1 Å². The van der Waals surface area contributed by atoms with Crippen molar-refractivity contribution < 1.29 is 8.78 Å². The highest BCUT2D eigenvalue weighted by Crippen LogP contribution is 2.30. The van der Waals surface area contributed by atoms with Crippen LogP contribution in [-0.2, 0) is 0 Å². The summed E-state index contributed by atoms with van der Waals surface area (Å²) in [6.07, 6.45) is 0. The molecule has 1 nitrogen and oxygen atoms in total. The summed E-state index contributed by atoms with van der Waals surface area (Å²) < 4.78 is 26.5. The molecule has 0 heterocycles. The summed E-state index contributed by atoms with van der Waals surface area (Å²) in [5, 5.41) is 9.13. The lowest BCUT2D eigenvalue weighted by molar-refractivity contribution is 0.581. The smallest absolute Gasteiger partial charge is 0.134 e. The van der Waals surface area contributed by atoms with E-state index in [2.05, 4.69) is 0 Å². The van der Waals surface area contributed by atoms with Gasteiger partial charge < -0.3 is 0 Å². The van der Waals surface area contributed by atoms with E-state index in [0.29, 0.717) is 5.56 Å². The van der Waals surface area contributed by atoms with E-state index in [-0.39, 0.29) is 16.2 Å². The third-order valence-corrected chi connectivity index (χ3v) is 2.95. The van der Waals surface area contributed by atoms with Crippen molar-refractivity contribution in [3.8, 4) is 6.07 Å². The monoisotopic (exact) mass is 275 g/mol. The molecule has 0 aliphatic heterocycles. The van der Waals surface area contributed by atoms with Crippen molar-refractivity contribution >= 4 is 22.2 Å². The van der Waals surface area contributed by atoms with Crippen LogP contribution in [0.25, 0.3) is 10.6 Å². The maximum Gasteiger partial charge on any atom is 0.134 e. The second-order valence-electron chi connectivity index (χ2n) is 3.79. The first-order valence-corrected chi connectivity index (χ1v) is 5.82. The molecule has 0 radical (unpaired) electrons. The van der Waals surface area contributed by atoms with Crippen LogP contribution >= 0.6 is 11.6 Å². The summed E-state index contributed by atoms with van der Waals surface area (Å²) in [4.78, 5) is 0. The maximum atomic E-state index is 13.6. The van der Waals surface area contributed by atoms with Crippen LogP contribution in [0.4, 0.5) is 8.78 Å². The largest absolute Gasteiger partial charge is 0.207 e. The zero-order chi connectivity index (χ0) is 13.8. The molecule has 2 rings (SSSR count). The number of nitriles is 1. The first kappa shape index (κ1) is 13.3. The Kier molecular flexibility index (Phi) is 3.94. The van der Waals surface area contributed by atoms with E-state index in [4.69, 9.17) is 16.9 Å². The Morgan fingerprint density at radius 2 is 1.74 bits per heavy atom. The van der Waals surface area contributed by atoms with Gasteiger partial charge in [0.2, 0.25) is 0 Å². The molecule has 0 bridgehead atoms. The highest BCUT2D eigenvalue weighted by atomic mass is 35.5. The molecule has 0 aromatic heterocycles. The minimum atomic E-state index is -0.798. The van der Waals surface area contributed by atoms with E-state index in [1.165, 1.54) is 6.07 Å². The molecule has 0 N–H and O–H groups in total. The molecule has 0 spiro atoms. The van der Waals surface area contributed by atoms with Gasteiger partial charge in [-0.2, -0.15) is 5.26 Å². The molecule has 19 heavy (non-hydrogen) atoms. The van der Waals surface area contributed by atoms with Gasteiger partial charge in [0, 0.05) is 11.6 Å². The average molecular weight is 276 g/mol. The summed E-state index contributed by atoms with van der Waals surface area (Å²) >= 11 is 6.06. The van der Waals surface area contributed by atoms with Gasteiger partial charge in [-0.3, -0.25) is 0 Å². The van der Waals surface area contributed by atoms with Crippen molar-refractivity contribution in [3.05, 3.63) is 71.3 Å². The number of nitrogens with zero attached hydrogens (tertiary/aromatic N) is 1. The Balaban J connectivity index is 2.59. The summed E-state index contributed by atoms with van der Waals surface area (Å²) in [6.45, 7) is 0. The minimum absolute atomic E-state index is 0.00321. The molecule has 0 fully saturated rings. The number of halogens is 3. The van der Waals surface area contributed by atoms with E-state index in [1.54, 1.807) is 30.3 Å². The van der Waals surface area contributed by atoms with Crippen LogP contribution in [-0.4, -0.2) is 0 Å². The summed E-state index contributed by atoms with van der Waals surface area (Å²) in [6, 6.07) is 13.7. The third-order valence-electron chi connectivity index (χ3n) is 2.56. The quantitative estimate of drug-likeness (QED) is 0.581. The fraction of sp³-hybridized carbons (Fsp3) is 0. The zero-order valence-electron chi connectivity index (χ0n) is 9.70. The SMILES string of the molecule is N#CC(=C(Cl)c1ccc(F)cc1F)c1ccccc1. The highest BCUT2D eigenvalue weighted by Gasteiger charge is 2.13. The lowest BCUT2D eigenvalue weighted by atomic mass is 10.0. The van der Waals surface area contributed by atoms with Gasteiger partial charge in [0.1, 0.15) is 17.7 Å². The van der Waals surface area contributed by atoms with Crippen molar-refractivity contribution in [2.45, 2.75) is 0 Å². The molecule has 2 aromatic rings. The Morgan fingerprint density at radius 3 is 2.32 bits per heavy atom. The molecule has 0 saturated carbocycles. The first-order valence-electron chi connectivity index (χ1n) is 5.44. The lowest BCUT2D eigenvalue weighted by Gasteiger charge is -2.05. The minimum Gasteiger partial charge on any atom is -0.207 e. The molecule has 0 saturated heterocycles. The highest BCUT2D eigenvalue weighted by molar-refractivity contribution is 6.53. The molecule has 94 valence electrons. The summed E-state index contributed by atoms with van der Waals surface area (Å²) in [7, 11) is 0. The van der Waals surface area contributed by atoms with Gasteiger partial charge in [-0.25, -0.2) is 8.78 Å². The van der Waals surface area contributed by atoms with E-state index in [9.17, 15) is 8.78 Å². The Hall–Kier alpha value is -2.18. The Labute approximate surface area is 114 Å². The van der Waals surface area contributed by atoms with Gasteiger partial charge in [-0.1, -0.05) is 41.9 Å². The molecule has 0 amide bonds. The average Bonchev–Trinajstić information content (AvgIpc) is 2.40. The van der Waals surface area contributed by atoms with Crippen LogP contribution in [0.3, 0.4) is 0 Å². The van der Waals surface area contributed by atoms with Gasteiger partial charge in [0.25, 0.3) is 0 Å².